The summed E-state index contributed by atoms with van der Waals surface area (Å²) in [6.07, 6.45) is 12.2. The van der Waals surface area contributed by atoms with Crippen molar-refractivity contribution in [3.05, 3.63) is 88.6 Å². The first-order chi connectivity index (χ1) is 15.6. The molecule has 1 N–H and O–H groups in total. The van der Waals surface area contributed by atoms with Crippen LogP contribution in [0.2, 0.25) is 5.02 Å². The number of hydrogen-bond acceptors (Lipinski definition) is 3. The molecule has 32 heavy (non-hydrogen) atoms. The number of benzene rings is 1. The van der Waals surface area contributed by atoms with Crippen LogP contribution in [0.15, 0.2) is 61.2 Å². The molecule has 0 saturated heterocycles. The van der Waals surface area contributed by atoms with Crippen LogP contribution >= 0.6 is 11.6 Å². The third-order valence-corrected chi connectivity index (χ3v) is 6.65. The van der Waals surface area contributed by atoms with E-state index < -0.39 is 0 Å². The number of fused-ring (bicyclic) bond motifs is 1. The number of imidazole rings is 1. The second-order valence-electron chi connectivity index (χ2n) is 9.07. The number of carbonyl (C=O) groups excluding carboxylic acids is 1. The smallest absolute Gasteiger partial charge is 0.254 e. The topological polar surface area (TPSA) is 64.2 Å². The summed E-state index contributed by atoms with van der Waals surface area (Å²) < 4.78 is 3.86. The number of aromatic nitrogens is 4. The van der Waals surface area contributed by atoms with Gasteiger partial charge in [0.2, 0.25) is 0 Å². The van der Waals surface area contributed by atoms with Crippen LogP contribution in [0.3, 0.4) is 0 Å². The van der Waals surface area contributed by atoms with Crippen molar-refractivity contribution in [1.29, 1.82) is 0 Å². The Morgan fingerprint density at radius 3 is 2.91 bits per heavy atom. The fourth-order valence-corrected chi connectivity index (χ4v) is 4.61. The summed E-state index contributed by atoms with van der Waals surface area (Å²) in [5.41, 5.74) is 5.04. The highest BCUT2D eigenvalue weighted by Crippen LogP contribution is 2.40. The summed E-state index contributed by atoms with van der Waals surface area (Å²) in [4.78, 5) is 17.3. The van der Waals surface area contributed by atoms with Crippen molar-refractivity contribution in [2.45, 2.75) is 44.2 Å². The minimum atomic E-state index is -0.0704. The predicted molar refractivity (Wildman–Crippen MR) is 123 cm³/mol. The van der Waals surface area contributed by atoms with Crippen LogP contribution in [0.5, 0.6) is 0 Å². The number of carbonyl (C=O) groups is 1. The molecular weight excluding hydrogens is 422 g/mol. The van der Waals surface area contributed by atoms with Crippen molar-refractivity contribution >= 4 is 23.2 Å². The first kappa shape index (κ1) is 19.6. The minimum absolute atomic E-state index is 0.0704. The van der Waals surface area contributed by atoms with E-state index in [2.05, 4.69) is 44.2 Å². The van der Waals surface area contributed by atoms with E-state index in [-0.39, 0.29) is 11.9 Å². The van der Waals surface area contributed by atoms with Gasteiger partial charge in [-0.2, -0.15) is 5.10 Å². The molecule has 3 heterocycles. The van der Waals surface area contributed by atoms with Crippen LogP contribution in [0.4, 0.5) is 0 Å². The van der Waals surface area contributed by atoms with Crippen molar-refractivity contribution in [3.8, 4) is 0 Å². The van der Waals surface area contributed by atoms with E-state index in [9.17, 15) is 4.79 Å². The number of rotatable bonds is 7. The fraction of sp³-hybridized carbons (Fsp3) is 0.320. The molecule has 4 aromatic rings. The molecule has 2 unspecified atom stereocenters. The summed E-state index contributed by atoms with van der Waals surface area (Å²) in [5.74, 6) is 1.11. The van der Waals surface area contributed by atoms with E-state index in [1.54, 1.807) is 17.1 Å². The first-order valence-electron chi connectivity index (χ1n) is 11.2. The minimum Gasteiger partial charge on any atom is -0.349 e. The third-order valence-electron chi connectivity index (χ3n) is 6.42. The first-order valence-corrected chi connectivity index (χ1v) is 11.5. The molecule has 2 fully saturated rings. The Kier molecular flexibility index (Phi) is 4.76. The van der Waals surface area contributed by atoms with Gasteiger partial charge >= 0.3 is 0 Å². The molecule has 2 saturated carbocycles. The molecule has 162 valence electrons. The summed E-state index contributed by atoms with van der Waals surface area (Å²) in [6.45, 7) is 0.536. The zero-order chi connectivity index (χ0) is 21.7. The molecule has 0 aliphatic heterocycles. The number of nitrogens with one attached hydrogen (secondary N) is 1. The maximum Gasteiger partial charge on any atom is 0.254 e. The van der Waals surface area contributed by atoms with E-state index in [0.717, 1.165) is 29.2 Å². The Morgan fingerprint density at radius 1 is 1.16 bits per heavy atom. The number of amides is 1. The molecule has 0 spiro atoms. The van der Waals surface area contributed by atoms with Crippen LogP contribution in [0.1, 0.15) is 52.4 Å². The molecule has 2 atom stereocenters. The van der Waals surface area contributed by atoms with Gasteiger partial charge in [-0.05, 0) is 66.8 Å². The van der Waals surface area contributed by atoms with Crippen molar-refractivity contribution in [2.24, 2.45) is 5.92 Å². The van der Waals surface area contributed by atoms with Gasteiger partial charge in [-0.1, -0.05) is 29.8 Å². The molecule has 2 aliphatic rings. The average Bonchev–Trinajstić information content (AvgIpc) is 3.66. The van der Waals surface area contributed by atoms with Crippen LogP contribution < -0.4 is 5.32 Å². The summed E-state index contributed by atoms with van der Waals surface area (Å²) in [7, 11) is 0. The maximum atomic E-state index is 12.7. The normalized spacial score (nSPS) is 19.9. The van der Waals surface area contributed by atoms with E-state index in [0.29, 0.717) is 23.9 Å². The van der Waals surface area contributed by atoms with Crippen molar-refractivity contribution < 1.29 is 4.79 Å². The van der Waals surface area contributed by atoms with Crippen LogP contribution in [-0.2, 0) is 13.0 Å². The lowest BCUT2D eigenvalue weighted by atomic mass is 10.1. The Balaban J connectivity index is 1.06. The summed E-state index contributed by atoms with van der Waals surface area (Å²) in [5, 5.41) is 8.26. The maximum absolute atomic E-state index is 12.7. The quantitative estimate of drug-likeness (QED) is 0.456. The Morgan fingerprint density at radius 2 is 2.06 bits per heavy atom. The second kappa shape index (κ2) is 7.78. The predicted octanol–water partition coefficient (Wildman–Crippen LogP) is 4.47. The van der Waals surface area contributed by atoms with Gasteiger partial charge in [-0.15, -0.1) is 0 Å². The zero-order valence-corrected chi connectivity index (χ0v) is 18.4. The van der Waals surface area contributed by atoms with Gasteiger partial charge in [0, 0.05) is 29.7 Å². The Bertz CT molecular complexity index is 1300. The molecule has 1 amide bonds. The molecule has 6 nitrogen and oxygen atoms in total. The lowest BCUT2D eigenvalue weighted by Crippen LogP contribution is -2.26. The molecule has 0 radical (unpaired) electrons. The Labute approximate surface area is 191 Å². The van der Waals surface area contributed by atoms with Gasteiger partial charge in [0.05, 0.1) is 24.0 Å². The average molecular weight is 446 g/mol. The number of pyridine rings is 1. The highest BCUT2D eigenvalue weighted by atomic mass is 35.5. The number of nitrogens with zero attached hydrogens (tertiary/aromatic N) is 4. The molecule has 3 aromatic heterocycles. The number of hydrogen-bond donors (Lipinski definition) is 1. The SMILES string of the molecule is O=C(NC1CC1Cc1cccc(Cl)c1)c1cnn(Cc2cn3cc(C4CC4)ccc3n2)c1. The largest absolute Gasteiger partial charge is 0.349 e. The second-order valence-corrected chi connectivity index (χ2v) is 9.51. The standard InChI is InChI=1S/C25H24ClN5O/c26-21-3-1-2-16(9-21)8-19-10-23(19)29-25(32)20-11-27-31(13-20)15-22-14-30-12-18(17-4-5-17)6-7-24(30)28-22/h1-3,6-7,9,11-14,17,19,23H,4-5,8,10,15H2,(H,29,32). The van der Waals surface area contributed by atoms with Gasteiger partial charge in [0.25, 0.3) is 5.91 Å². The highest BCUT2D eigenvalue weighted by Gasteiger charge is 2.38. The lowest BCUT2D eigenvalue weighted by Gasteiger charge is -2.04. The molecule has 7 heteroatoms. The van der Waals surface area contributed by atoms with Gasteiger partial charge in [0.1, 0.15) is 5.65 Å². The Hall–Kier alpha value is -3.12. The molecule has 2 aliphatic carbocycles. The van der Waals surface area contributed by atoms with E-state index in [1.807, 2.05) is 24.4 Å². The summed E-state index contributed by atoms with van der Waals surface area (Å²) >= 11 is 6.07. The van der Waals surface area contributed by atoms with Crippen LogP contribution in [0, 0.1) is 5.92 Å². The molecule has 0 bridgehead atoms. The van der Waals surface area contributed by atoms with Crippen molar-refractivity contribution in [2.75, 3.05) is 0 Å². The number of halogens is 1. The van der Waals surface area contributed by atoms with Crippen molar-refractivity contribution in [1.82, 2.24) is 24.5 Å². The molecular formula is C25H24ClN5O. The van der Waals surface area contributed by atoms with Crippen molar-refractivity contribution in [3.63, 3.8) is 0 Å². The lowest BCUT2D eigenvalue weighted by molar-refractivity contribution is 0.0949. The van der Waals surface area contributed by atoms with Gasteiger partial charge in [-0.3, -0.25) is 9.48 Å². The third kappa shape index (κ3) is 4.15. The van der Waals surface area contributed by atoms with E-state index in [1.165, 1.54) is 24.0 Å². The fourth-order valence-electron chi connectivity index (χ4n) is 4.40. The molecule has 1 aromatic carbocycles. The van der Waals surface area contributed by atoms with Gasteiger partial charge in [0.15, 0.2) is 0 Å². The monoisotopic (exact) mass is 445 g/mol. The van der Waals surface area contributed by atoms with Gasteiger partial charge < -0.3 is 9.72 Å². The summed E-state index contributed by atoms with van der Waals surface area (Å²) in [6, 6.07) is 12.4. The molecule has 6 rings (SSSR count). The van der Waals surface area contributed by atoms with E-state index in [4.69, 9.17) is 11.6 Å². The van der Waals surface area contributed by atoms with Crippen LogP contribution in [-0.4, -0.2) is 31.1 Å². The zero-order valence-electron chi connectivity index (χ0n) is 17.6. The van der Waals surface area contributed by atoms with Gasteiger partial charge in [-0.25, -0.2) is 4.98 Å². The van der Waals surface area contributed by atoms with E-state index >= 15 is 0 Å². The van der Waals surface area contributed by atoms with Crippen LogP contribution in [0.25, 0.3) is 5.65 Å². The highest BCUT2D eigenvalue weighted by molar-refractivity contribution is 6.30.